The van der Waals surface area contributed by atoms with Gasteiger partial charge in [-0.1, -0.05) is 29.8 Å². The summed E-state index contributed by atoms with van der Waals surface area (Å²) < 4.78 is 5.01. The zero-order valence-corrected chi connectivity index (χ0v) is 15.3. The Hall–Kier alpha value is -1.43. The zero-order valence-electron chi connectivity index (χ0n) is 15.3. The zero-order chi connectivity index (χ0) is 17.5. The molecule has 1 aliphatic rings. The molecule has 2 atom stereocenters. The van der Waals surface area contributed by atoms with E-state index >= 15 is 0 Å². The Morgan fingerprint density at radius 2 is 2.21 bits per heavy atom. The van der Waals surface area contributed by atoms with E-state index in [2.05, 4.69) is 60.6 Å². The predicted molar refractivity (Wildman–Crippen MR) is 96.9 cm³/mol. The molecule has 0 aliphatic carbocycles. The van der Waals surface area contributed by atoms with Crippen molar-refractivity contribution in [1.82, 2.24) is 15.5 Å². The van der Waals surface area contributed by atoms with Gasteiger partial charge in [0.2, 0.25) is 5.91 Å². The molecule has 0 aromatic heterocycles. The molecular weight excluding hydrogens is 302 g/mol. The first kappa shape index (κ1) is 18.9. The quantitative estimate of drug-likeness (QED) is 0.711. The van der Waals surface area contributed by atoms with Crippen molar-refractivity contribution in [3.8, 4) is 0 Å². The molecular formula is C19H31N3O2. The van der Waals surface area contributed by atoms with E-state index in [1.807, 2.05) is 0 Å². The van der Waals surface area contributed by atoms with Gasteiger partial charge in [-0.05, 0) is 32.8 Å². The third kappa shape index (κ3) is 5.30. The summed E-state index contributed by atoms with van der Waals surface area (Å²) >= 11 is 0. The van der Waals surface area contributed by atoms with Crippen molar-refractivity contribution in [2.75, 3.05) is 26.8 Å². The normalized spacial score (nSPS) is 21.4. The molecule has 5 heteroatoms. The lowest BCUT2D eigenvalue weighted by Gasteiger charge is -2.27. The van der Waals surface area contributed by atoms with Gasteiger partial charge in [0.15, 0.2) is 0 Å². The standard InChI is InChI=1S/C19H31N3O2/c1-14(2)22-13-17(11-18(22)19(23)20-8-9-24-4)21-12-16-7-5-6-15(3)10-16/h5-7,10,14,17-18,21H,8-9,11-13H2,1-4H3,(H,20,23)/t17-,18-/m0/s1. The first-order valence-corrected chi connectivity index (χ1v) is 8.82. The molecule has 2 rings (SSSR count). The summed E-state index contributed by atoms with van der Waals surface area (Å²) in [5, 5.41) is 6.59. The minimum absolute atomic E-state index is 0.0585. The number of carbonyl (C=O) groups excluding carboxylic acids is 1. The molecule has 1 fully saturated rings. The minimum atomic E-state index is -0.0585. The van der Waals surface area contributed by atoms with Crippen LogP contribution in [0.15, 0.2) is 24.3 Å². The molecule has 0 radical (unpaired) electrons. The number of nitrogens with one attached hydrogen (secondary N) is 2. The lowest BCUT2D eigenvalue weighted by molar-refractivity contribution is -0.126. The molecule has 1 saturated heterocycles. The van der Waals surface area contributed by atoms with Crippen molar-refractivity contribution in [2.24, 2.45) is 0 Å². The van der Waals surface area contributed by atoms with Crippen LogP contribution in [-0.2, 0) is 16.1 Å². The second-order valence-electron chi connectivity index (χ2n) is 6.89. The van der Waals surface area contributed by atoms with Gasteiger partial charge in [-0.3, -0.25) is 9.69 Å². The number of likely N-dealkylation sites (tertiary alicyclic amines) is 1. The molecule has 1 heterocycles. The SMILES string of the molecule is COCCNC(=O)[C@@H]1C[C@H](NCc2cccc(C)c2)CN1C(C)C. The van der Waals surface area contributed by atoms with Crippen LogP contribution in [0.25, 0.3) is 0 Å². The molecule has 1 aliphatic heterocycles. The maximum atomic E-state index is 12.5. The van der Waals surface area contributed by atoms with Gasteiger partial charge in [0, 0.05) is 38.8 Å². The van der Waals surface area contributed by atoms with Crippen molar-refractivity contribution in [1.29, 1.82) is 0 Å². The minimum Gasteiger partial charge on any atom is -0.383 e. The molecule has 0 unspecified atom stereocenters. The fourth-order valence-corrected chi connectivity index (χ4v) is 3.32. The topological polar surface area (TPSA) is 53.6 Å². The van der Waals surface area contributed by atoms with Crippen LogP contribution in [0.3, 0.4) is 0 Å². The number of methoxy groups -OCH3 is 1. The molecule has 24 heavy (non-hydrogen) atoms. The van der Waals surface area contributed by atoms with Gasteiger partial charge in [0.05, 0.1) is 12.6 Å². The van der Waals surface area contributed by atoms with Gasteiger partial charge in [-0.2, -0.15) is 0 Å². The average Bonchev–Trinajstić information content (AvgIpc) is 2.98. The highest BCUT2D eigenvalue weighted by Crippen LogP contribution is 2.21. The number of carbonyl (C=O) groups is 1. The molecule has 134 valence electrons. The van der Waals surface area contributed by atoms with Crippen LogP contribution < -0.4 is 10.6 Å². The Balaban J connectivity index is 1.90. The molecule has 1 amide bonds. The number of amides is 1. The maximum absolute atomic E-state index is 12.5. The summed E-state index contributed by atoms with van der Waals surface area (Å²) in [7, 11) is 1.65. The Labute approximate surface area is 145 Å². The van der Waals surface area contributed by atoms with Crippen LogP contribution in [-0.4, -0.2) is 55.7 Å². The maximum Gasteiger partial charge on any atom is 0.237 e. The number of benzene rings is 1. The van der Waals surface area contributed by atoms with E-state index in [9.17, 15) is 4.79 Å². The highest BCUT2D eigenvalue weighted by molar-refractivity contribution is 5.82. The van der Waals surface area contributed by atoms with Gasteiger partial charge in [-0.25, -0.2) is 0 Å². The van der Waals surface area contributed by atoms with Crippen LogP contribution in [0.1, 0.15) is 31.4 Å². The van der Waals surface area contributed by atoms with Crippen LogP contribution in [0.4, 0.5) is 0 Å². The fourth-order valence-electron chi connectivity index (χ4n) is 3.32. The Kier molecular flexibility index (Phi) is 7.21. The highest BCUT2D eigenvalue weighted by atomic mass is 16.5. The Morgan fingerprint density at radius 3 is 2.88 bits per heavy atom. The van der Waals surface area contributed by atoms with Gasteiger partial charge in [0.25, 0.3) is 0 Å². The summed E-state index contributed by atoms with van der Waals surface area (Å²) in [6, 6.07) is 9.19. The monoisotopic (exact) mass is 333 g/mol. The summed E-state index contributed by atoms with van der Waals surface area (Å²) in [6.45, 7) is 9.28. The van der Waals surface area contributed by atoms with Crippen molar-refractivity contribution in [3.05, 3.63) is 35.4 Å². The average molecular weight is 333 g/mol. The van der Waals surface area contributed by atoms with Crippen molar-refractivity contribution in [2.45, 2.75) is 51.9 Å². The lowest BCUT2D eigenvalue weighted by Crippen LogP contribution is -2.46. The van der Waals surface area contributed by atoms with Gasteiger partial charge in [-0.15, -0.1) is 0 Å². The van der Waals surface area contributed by atoms with E-state index in [0.29, 0.717) is 25.2 Å². The van der Waals surface area contributed by atoms with E-state index < -0.39 is 0 Å². The van der Waals surface area contributed by atoms with Gasteiger partial charge in [0.1, 0.15) is 0 Å². The number of nitrogens with zero attached hydrogens (tertiary/aromatic N) is 1. The predicted octanol–water partition coefficient (Wildman–Crippen LogP) is 1.70. The van der Waals surface area contributed by atoms with Crippen LogP contribution in [0.2, 0.25) is 0 Å². The van der Waals surface area contributed by atoms with Gasteiger partial charge >= 0.3 is 0 Å². The summed E-state index contributed by atoms with van der Waals surface area (Å²) in [5.41, 5.74) is 2.57. The number of ether oxygens (including phenoxy) is 1. The van der Waals surface area contributed by atoms with Gasteiger partial charge < -0.3 is 15.4 Å². The van der Waals surface area contributed by atoms with E-state index in [0.717, 1.165) is 19.5 Å². The number of aryl methyl sites for hydroxylation is 1. The molecule has 1 aromatic carbocycles. The van der Waals surface area contributed by atoms with E-state index in [4.69, 9.17) is 4.74 Å². The third-order valence-corrected chi connectivity index (χ3v) is 4.59. The van der Waals surface area contributed by atoms with E-state index in [1.54, 1.807) is 7.11 Å². The molecule has 2 N–H and O–H groups in total. The fraction of sp³-hybridized carbons (Fsp3) is 0.632. The van der Waals surface area contributed by atoms with Crippen molar-refractivity contribution >= 4 is 5.91 Å². The molecule has 5 nitrogen and oxygen atoms in total. The Morgan fingerprint density at radius 1 is 1.42 bits per heavy atom. The summed E-state index contributed by atoms with van der Waals surface area (Å²) in [5.74, 6) is 0.112. The van der Waals surface area contributed by atoms with Crippen molar-refractivity contribution < 1.29 is 9.53 Å². The number of hydrogen-bond donors (Lipinski definition) is 2. The Bertz CT molecular complexity index is 533. The first-order chi connectivity index (χ1) is 11.5. The summed E-state index contributed by atoms with van der Waals surface area (Å²) in [6.07, 6.45) is 0.850. The first-order valence-electron chi connectivity index (χ1n) is 8.82. The number of hydrogen-bond acceptors (Lipinski definition) is 4. The molecule has 1 aromatic rings. The molecule has 0 spiro atoms. The van der Waals surface area contributed by atoms with Crippen LogP contribution in [0, 0.1) is 6.92 Å². The molecule has 0 bridgehead atoms. The van der Waals surface area contributed by atoms with E-state index in [1.165, 1.54) is 11.1 Å². The van der Waals surface area contributed by atoms with E-state index in [-0.39, 0.29) is 11.9 Å². The van der Waals surface area contributed by atoms with Crippen molar-refractivity contribution in [3.63, 3.8) is 0 Å². The van der Waals surface area contributed by atoms with Crippen LogP contribution >= 0.6 is 0 Å². The highest BCUT2D eigenvalue weighted by Gasteiger charge is 2.37. The second-order valence-corrected chi connectivity index (χ2v) is 6.89. The number of rotatable bonds is 8. The lowest BCUT2D eigenvalue weighted by atomic mass is 10.1. The third-order valence-electron chi connectivity index (χ3n) is 4.59. The molecule has 0 saturated carbocycles. The smallest absolute Gasteiger partial charge is 0.237 e. The summed E-state index contributed by atoms with van der Waals surface area (Å²) in [4.78, 5) is 14.8. The largest absolute Gasteiger partial charge is 0.383 e. The van der Waals surface area contributed by atoms with Crippen LogP contribution in [0.5, 0.6) is 0 Å². The second kappa shape index (κ2) is 9.16.